The van der Waals surface area contributed by atoms with Crippen LogP contribution < -0.4 is 0 Å². The zero-order valence-electron chi connectivity index (χ0n) is 9.68. The third kappa shape index (κ3) is 1.90. The van der Waals surface area contributed by atoms with Crippen molar-refractivity contribution in [1.29, 1.82) is 0 Å². The molecule has 0 bridgehead atoms. The van der Waals surface area contributed by atoms with Crippen LogP contribution in [0.3, 0.4) is 0 Å². The van der Waals surface area contributed by atoms with Crippen molar-refractivity contribution in [3.8, 4) is 0 Å². The number of hydrogen-bond donors (Lipinski definition) is 1. The molecule has 1 atom stereocenters. The zero-order valence-corrected chi connectivity index (χ0v) is 12.1. The molecule has 3 aromatic rings. The topological polar surface area (TPSA) is 20.7 Å². The number of aromatic amines is 1. The highest BCUT2D eigenvalue weighted by molar-refractivity contribution is 7.71. The first-order valence-corrected chi connectivity index (χ1v) is 7.26. The minimum Gasteiger partial charge on any atom is -0.331 e. The molecule has 0 aliphatic rings. The van der Waals surface area contributed by atoms with Crippen molar-refractivity contribution in [3.63, 3.8) is 0 Å². The highest BCUT2D eigenvalue weighted by Gasteiger charge is 2.13. The zero-order chi connectivity index (χ0) is 12.7. The van der Waals surface area contributed by atoms with Gasteiger partial charge in [-0.15, -0.1) is 11.3 Å². The fraction of sp³-hybridized carbons (Fsp3) is 0.154. The fourth-order valence-corrected chi connectivity index (χ4v) is 3.44. The molecule has 0 amide bonds. The van der Waals surface area contributed by atoms with Crippen molar-refractivity contribution in [1.82, 2.24) is 9.55 Å². The van der Waals surface area contributed by atoms with Crippen molar-refractivity contribution in [2.45, 2.75) is 13.0 Å². The van der Waals surface area contributed by atoms with E-state index in [4.69, 9.17) is 23.8 Å². The number of thiophene rings is 1. The Hall–Kier alpha value is -1.10. The van der Waals surface area contributed by atoms with Crippen molar-refractivity contribution in [2.75, 3.05) is 0 Å². The smallest absolute Gasteiger partial charge is 0.178 e. The second kappa shape index (κ2) is 4.53. The lowest BCUT2D eigenvalue weighted by atomic mass is 10.2. The third-order valence-corrected chi connectivity index (χ3v) is 4.60. The number of imidazole rings is 1. The highest BCUT2D eigenvalue weighted by atomic mass is 35.5. The van der Waals surface area contributed by atoms with Gasteiger partial charge in [0.25, 0.3) is 0 Å². The number of aromatic nitrogens is 2. The van der Waals surface area contributed by atoms with Crippen molar-refractivity contribution >= 4 is 46.2 Å². The monoisotopic (exact) mass is 294 g/mol. The number of nitrogens with one attached hydrogen (secondary N) is 1. The summed E-state index contributed by atoms with van der Waals surface area (Å²) in [5.41, 5.74) is 2.07. The lowest BCUT2D eigenvalue weighted by Gasteiger charge is -2.12. The van der Waals surface area contributed by atoms with Crippen LogP contribution in [0.5, 0.6) is 0 Å². The average Bonchev–Trinajstić information content (AvgIpc) is 2.94. The van der Waals surface area contributed by atoms with Crippen LogP contribution in [0, 0.1) is 4.77 Å². The van der Waals surface area contributed by atoms with E-state index < -0.39 is 0 Å². The molecule has 0 aliphatic carbocycles. The van der Waals surface area contributed by atoms with E-state index in [0.717, 1.165) is 20.8 Å². The second-order valence-corrected chi connectivity index (χ2v) is 5.96. The van der Waals surface area contributed by atoms with Crippen molar-refractivity contribution in [2.24, 2.45) is 0 Å². The van der Waals surface area contributed by atoms with Crippen LogP contribution >= 0.6 is 35.2 Å². The molecule has 2 nitrogen and oxygen atoms in total. The summed E-state index contributed by atoms with van der Waals surface area (Å²) in [6.45, 7) is 2.15. The summed E-state index contributed by atoms with van der Waals surface area (Å²) in [4.78, 5) is 4.51. The summed E-state index contributed by atoms with van der Waals surface area (Å²) in [5, 5.41) is 2.81. The van der Waals surface area contributed by atoms with Crippen LogP contribution in [-0.4, -0.2) is 9.55 Å². The number of benzene rings is 1. The molecule has 5 heteroatoms. The maximum atomic E-state index is 6.07. The number of fused-ring (bicyclic) bond motifs is 1. The first-order valence-electron chi connectivity index (χ1n) is 5.60. The van der Waals surface area contributed by atoms with E-state index in [1.54, 1.807) is 11.3 Å². The van der Waals surface area contributed by atoms with Crippen LogP contribution in [0.15, 0.2) is 35.7 Å². The van der Waals surface area contributed by atoms with E-state index >= 15 is 0 Å². The largest absolute Gasteiger partial charge is 0.331 e. The van der Waals surface area contributed by atoms with Crippen LogP contribution in [-0.2, 0) is 0 Å². The van der Waals surface area contributed by atoms with Crippen molar-refractivity contribution < 1.29 is 0 Å². The summed E-state index contributed by atoms with van der Waals surface area (Å²) < 4.78 is 2.84. The SMILES string of the molecule is CC(c1cccs1)n1c(=S)[nH]c2ccc(Cl)cc21. The molecular weight excluding hydrogens is 284 g/mol. The minimum atomic E-state index is 0.213. The summed E-state index contributed by atoms with van der Waals surface area (Å²) >= 11 is 13.2. The Labute approximate surface area is 119 Å². The first-order chi connectivity index (χ1) is 8.66. The number of nitrogens with zero attached hydrogens (tertiary/aromatic N) is 1. The second-order valence-electron chi connectivity index (χ2n) is 4.15. The van der Waals surface area contributed by atoms with Gasteiger partial charge in [-0.3, -0.25) is 0 Å². The van der Waals surface area contributed by atoms with Gasteiger partial charge in [-0.05, 0) is 48.8 Å². The van der Waals surface area contributed by atoms with Gasteiger partial charge >= 0.3 is 0 Å². The Kier molecular flexibility index (Phi) is 3.01. The average molecular weight is 295 g/mol. The molecule has 0 saturated carbocycles. The van der Waals surface area contributed by atoms with Gasteiger partial charge < -0.3 is 9.55 Å². The number of halogens is 1. The minimum absolute atomic E-state index is 0.213. The van der Waals surface area contributed by atoms with E-state index in [2.05, 4.69) is 34.0 Å². The predicted octanol–water partition coefficient (Wildman–Crippen LogP) is 5.02. The first kappa shape index (κ1) is 12.0. The van der Waals surface area contributed by atoms with Gasteiger partial charge in [-0.2, -0.15) is 0 Å². The molecule has 2 aromatic heterocycles. The Morgan fingerprint density at radius 2 is 2.22 bits per heavy atom. The highest BCUT2D eigenvalue weighted by Crippen LogP contribution is 2.28. The molecule has 0 fully saturated rings. The molecule has 1 N–H and O–H groups in total. The molecule has 0 radical (unpaired) electrons. The molecule has 3 rings (SSSR count). The lowest BCUT2D eigenvalue weighted by Crippen LogP contribution is -2.04. The molecule has 2 heterocycles. The quantitative estimate of drug-likeness (QED) is 0.658. The number of hydrogen-bond acceptors (Lipinski definition) is 2. The summed E-state index contributed by atoms with van der Waals surface area (Å²) in [6, 6.07) is 10.2. The van der Waals surface area contributed by atoms with Crippen LogP contribution in [0.2, 0.25) is 5.02 Å². The summed E-state index contributed by atoms with van der Waals surface area (Å²) in [6.07, 6.45) is 0. The van der Waals surface area contributed by atoms with E-state index in [1.807, 2.05) is 18.2 Å². The molecule has 92 valence electrons. The van der Waals surface area contributed by atoms with E-state index in [9.17, 15) is 0 Å². The Morgan fingerprint density at radius 1 is 1.39 bits per heavy atom. The molecule has 0 saturated heterocycles. The van der Waals surface area contributed by atoms with Gasteiger partial charge in [-0.25, -0.2) is 0 Å². The summed E-state index contributed by atoms with van der Waals surface area (Å²) in [5.74, 6) is 0. The van der Waals surface area contributed by atoms with E-state index in [-0.39, 0.29) is 6.04 Å². The lowest BCUT2D eigenvalue weighted by molar-refractivity contribution is 0.661. The van der Waals surface area contributed by atoms with Gasteiger partial charge in [0.2, 0.25) is 0 Å². The molecule has 0 spiro atoms. The summed E-state index contributed by atoms with van der Waals surface area (Å²) in [7, 11) is 0. The standard InChI is InChI=1S/C13H11ClN2S2/c1-8(12-3-2-6-18-12)16-11-7-9(14)4-5-10(11)15-13(16)17/h2-8H,1H3,(H,15,17). The normalized spacial score (nSPS) is 13.0. The van der Waals surface area contributed by atoms with Gasteiger partial charge in [0, 0.05) is 9.90 Å². The van der Waals surface area contributed by atoms with Gasteiger partial charge in [0.15, 0.2) is 4.77 Å². The van der Waals surface area contributed by atoms with Gasteiger partial charge in [0.05, 0.1) is 17.1 Å². The molecule has 0 aliphatic heterocycles. The van der Waals surface area contributed by atoms with Gasteiger partial charge in [-0.1, -0.05) is 17.7 Å². The Balaban J connectivity index is 2.25. The maximum absolute atomic E-state index is 6.07. The van der Waals surface area contributed by atoms with Crippen LogP contribution in [0.4, 0.5) is 0 Å². The Morgan fingerprint density at radius 3 is 2.94 bits per heavy atom. The fourth-order valence-electron chi connectivity index (χ4n) is 2.14. The molecule has 18 heavy (non-hydrogen) atoms. The van der Waals surface area contributed by atoms with Gasteiger partial charge in [0.1, 0.15) is 0 Å². The molecule has 1 unspecified atom stereocenters. The number of H-pyrrole nitrogens is 1. The van der Waals surface area contributed by atoms with Crippen LogP contribution in [0.25, 0.3) is 11.0 Å². The van der Waals surface area contributed by atoms with E-state index in [1.165, 1.54) is 4.88 Å². The maximum Gasteiger partial charge on any atom is 0.178 e. The third-order valence-electron chi connectivity index (χ3n) is 3.02. The molecule has 1 aromatic carbocycles. The van der Waals surface area contributed by atoms with E-state index in [0.29, 0.717) is 0 Å². The van der Waals surface area contributed by atoms with Crippen LogP contribution in [0.1, 0.15) is 17.8 Å². The van der Waals surface area contributed by atoms with Crippen molar-refractivity contribution in [3.05, 3.63) is 50.4 Å². The Bertz CT molecular complexity index is 740. The number of rotatable bonds is 2. The predicted molar refractivity (Wildman–Crippen MR) is 80.3 cm³/mol. The molecular formula is C13H11ClN2S2.